The number of rotatable bonds is 1. The van der Waals surface area contributed by atoms with Gasteiger partial charge in [0.05, 0.1) is 5.60 Å². The van der Waals surface area contributed by atoms with Crippen LogP contribution in [-0.4, -0.2) is 10.7 Å². The zero-order valence-electron chi connectivity index (χ0n) is 14.7. The van der Waals surface area contributed by atoms with Gasteiger partial charge in [-0.2, -0.15) is 0 Å². The van der Waals surface area contributed by atoms with Crippen molar-refractivity contribution in [1.29, 1.82) is 0 Å². The molecule has 0 unspecified atom stereocenters. The van der Waals surface area contributed by atoms with E-state index in [9.17, 15) is 5.11 Å². The molecule has 1 aliphatic carbocycles. The summed E-state index contributed by atoms with van der Waals surface area (Å²) >= 11 is 0. The average Bonchev–Trinajstić information content (AvgIpc) is 2.37. The molecule has 1 nitrogen and oxygen atoms in total. The molecule has 21 heavy (non-hydrogen) atoms. The third-order valence-electron chi connectivity index (χ3n) is 4.61. The molecule has 2 atom stereocenters. The minimum absolute atomic E-state index is 0.556. The SMILES string of the molecule is C/C1=C/CC[C@](C)(O)/C=C/[C@H](C(C)C)CC/C(C)=C\CC1. The van der Waals surface area contributed by atoms with Crippen LogP contribution < -0.4 is 0 Å². The molecule has 1 N–H and O–H groups in total. The van der Waals surface area contributed by atoms with E-state index in [0.717, 1.165) is 32.1 Å². The smallest absolute Gasteiger partial charge is 0.0802 e. The molecule has 0 saturated heterocycles. The molecule has 0 heterocycles. The van der Waals surface area contributed by atoms with Gasteiger partial charge in [-0.05, 0) is 71.1 Å². The van der Waals surface area contributed by atoms with Crippen molar-refractivity contribution in [2.75, 3.05) is 0 Å². The molecule has 0 saturated carbocycles. The molecule has 0 aromatic carbocycles. The Kier molecular flexibility index (Phi) is 7.45. The van der Waals surface area contributed by atoms with E-state index >= 15 is 0 Å². The molecule has 0 fully saturated rings. The second-order valence-corrected chi connectivity index (χ2v) is 7.34. The van der Waals surface area contributed by atoms with Crippen LogP contribution in [0, 0.1) is 11.8 Å². The number of hydrogen-bond donors (Lipinski definition) is 1. The molecule has 0 aromatic heterocycles. The van der Waals surface area contributed by atoms with Gasteiger partial charge in [-0.25, -0.2) is 0 Å². The molecule has 1 aliphatic rings. The fourth-order valence-electron chi connectivity index (χ4n) is 2.82. The molecule has 0 aromatic rings. The Balaban J connectivity index is 2.87. The number of hydrogen-bond acceptors (Lipinski definition) is 1. The van der Waals surface area contributed by atoms with Gasteiger partial charge < -0.3 is 5.11 Å². The summed E-state index contributed by atoms with van der Waals surface area (Å²) in [5.74, 6) is 1.18. The van der Waals surface area contributed by atoms with Gasteiger partial charge in [0.1, 0.15) is 0 Å². The van der Waals surface area contributed by atoms with E-state index in [2.05, 4.69) is 45.9 Å². The lowest BCUT2D eigenvalue weighted by Gasteiger charge is -2.22. The summed E-state index contributed by atoms with van der Waals surface area (Å²) < 4.78 is 0. The van der Waals surface area contributed by atoms with Crippen LogP contribution in [0.5, 0.6) is 0 Å². The molecular weight excluding hydrogens is 256 g/mol. The van der Waals surface area contributed by atoms with Gasteiger partial charge in [-0.1, -0.05) is 49.3 Å². The first kappa shape index (κ1) is 18.2. The molecule has 120 valence electrons. The van der Waals surface area contributed by atoms with Crippen LogP contribution in [0.3, 0.4) is 0 Å². The zero-order chi connectivity index (χ0) is 15.9. The minimum atomic E-state index is -0.682. The van der Waals surface area contributed by atoms with Gasteiger partial charge in [0, 0.05) is 0 Å². The Morgan fingerprint density at radius 1 is 1.10 bits per heavy atom. The van der Waals surface area contributed by atoms with Gasteiger partial charge in [0.15, 0.2) is 0 Å². The van der Waals surface area contributed by atoms with Crippen LogP contribution in [0.25, 0.3) is 0 Å². The highest BCUT2D eigenvalue weighted by molar-refractivity contribution is 5.08. The molecule has 0 radical (unpaired) electrons. The molecule has 0 spiro atoms. The predicted molar refractivity (Wildman–Crippen MR) is 93.3 cm³/mol. The van der Waals surface area contributed by atoms with E-state index in [1.54, 1.807) is 0 Å². The number of allylic oxidation sites excluding steroid dienone is 5. The van der Waals surface area contributed by atoms with Crippen molar-refractivity contribution in [3.63, 3.8) is 0 Å². The second-order valence-electron chi connectivity index (χ2n) is 7.34. The standard InChI is InChI=1S/C20H34O/c1-16(2)19-12-11-18(4)9-6-8-17(3)10-7-14-20(5,21)15-13-19/h9-10,13,15-16,19,21H,6-8,11-12,14H2,1-5H3/b15-13+,17-10-,18-9-/t19-,20+/m1/s1. The highest BCUT2D eigenvalue weighted by atomic mass is 16.3. The number of aliphatic hydroxyl groups is 1. The van der Waals surface area contributed by atoms with E-state index in [-0.39, 0.29) is 0 Å². The quantitative estimate of drug-likeness (QED) is 0.604. The fourth-order valence-corrected chi connectivity index (χ4v) is 2.82. The van der Waals surface area contributed by atoms with Crippen LogP contribution in [0.4, 0.5) is 0 Å². The Labute approximate surface area is 131 Å². The van der Waals surface area contributed by atoms with Gasteiger partial charge in [-0.3, -0.25) is 0 Å². The minimum Gasteiger partial charge on any atom is -0.386 e. The lowest BCUT2D eigenvalue weighted by molar-refractivity contribution is 0.102. The van der Waals surface area contributed by atoms with Crippen LogP contribution in [-0.2, 0) is 0 Å². The molecule has 0 amide bonds. The van der Waals surface area contributed by atoms with Crippen molar-refractivity contribution in [1.82, 2.24) is 0 Å². The normalized spacial score (nSPS) is 36.2. The largest absolute Gasteiger partial charge is 0.386 e. The maximum atomic E-state index is 10.5. The lowest BCUT2D eigenvalue weighted by atomic mass is 9.87. The maximum Gasteiger partial charge on any atom is 0.0802 e. The van der Waals surface area contributed by atoms with Gasteiger partial charge in [0.2, 0.25) is 0 Å². The monoisotopic (exact) mass is 290 g/mol. The van der Waals surface area contributed by atoms with Crippen molar-refractivity contribution in [3.8, 4) is 0 Å². The van der Waals surface area contributed by atoms with E-state index < -0.39 is 5.60 Å². The van der Waals surface area contributed by atoms with Crippen LogP contribution in [0.15, 0.2) is 35.5 Å². The Hall–Kier alpha value is -0.820. The summed E-state index contributed by atoms with van der Waals surface area (Å²) in [7, 11) is 0. The van der Waals surface area contributed by atoms with E-state index in [0.29, 0.717) is 11.8 Å². The third-order valence-corrected chi connectivity index (χ3v) is 4.61. The van der Waals surface area contributed by atoms with Crippen molar-refractivity contribution in [2.24, 2.45) is 11.8 Å². The van der Waals surface area contributed by atoms with Gasteiger partial charge in [0.25, 0.3) is 0 Å². The molecular formula is C20H34O. The summed E-state index contributed by atoms with van der Waals surface area (Å²) in [4.78, 5) is 0. The highest BCUT2D eigenvalue weighted by Crippen LogP contribution is 2.25. The first-order valence-corrected chi connectivity index (χ1v) is 8.53. The summed E-state index contributed by atoms with van der Waals surface area (Å²) in [6.07, 6.45) is 15.4. The molecule has 1 rings (SSSR count). The topological polar surface area (TPSA) is 20.2 Å². The van der Waals surface area contributed by atoms with Crippen molar-refractivity contribution in [3.05, 3.63) is 35.5 Å². The molecule has 1 heteroatoms. The van der Waals surface area contributed by atoms with Crippen molar-refractivity contribution in [2.45, 2.75) is 78.7 Å². The van der Waals surface area contributed by atoms with Crippen LogP contribution in [0.1, 0.15) is 73.1 Å². The Morgan fingerprint density at radius 2 is 1.71 bits per heavy atom. The zero-order valence-corrected chi connectivity index (χ0v) is 14.7. The Bertz CT molecular complexity index is 396. The Morgan fingerprint density at radius 3 is 2.38 bits per heavy atom. The first-order chi connectivity index (χ1) is 9.80. The lowest BCUT2D eigenvalue weighted by Crippen LogP contribution is -2.21. The summed E-state index contributed by atoms with van der Waals surface area (Å²) in [6, 6.07) is 0. The van der Waals surface area contributed by atoms with Crippen LogP contribution >= 0.6 is 0 Å². The molecule has 0 bridgehead atoms. The maximum absolute atomic E-state index is 10.5. The summed E-state index contributed by atoms with van der Waals surface area (Å²) in [5, 5.41) is 10.5. The predicted octanol–water partition coefficient (Wildman–Crippen LogP) is 5.81. The van der Waals surface area contributed by atoms with E-state index in [1.165, 1.54) is 17.6 Å². The highest BCUT2D eigenvalue weighted by Gasteiger charge is 2.17. The molecule has 0 aliphatic heterocycles. The van der Waals surface area contributed by atoms with Crippen molar-refractivity contribution >= 4 is 0 Å². The van der Waals surface area contributed by atoms with E-state index in [1.807, 2.05) is 13.0 Å². The van der Waals surface area contributed by atoms with Crippen LogP contribution in [0.2, 0.25) is 0 Å². The first-order valence-electron chi connectivity index (χ1n) is 8.53. The second kappa shape index (κ2) is 8.58. The van der Waals surface area contributed by atoms with Crippen molar-refractivity contribution < 1.29 is 5.11 Å². The summed E-state index contributed by atoms with van der Waals surface area (Å²) in [5.41, 5.74) is 2.26. The summed E-state index contributed by atoms with van der Waals surface area (Å²) in [6.45, 7) is 10.9. The van der Waals surface area contributed by atoms with E-state index in [4.69, 9.17) is 0 Å². The fraction of sp³-hybridized carbons (Fsp3) is 0.700. The third kappa shape index (κ3) is 7.66. The average molecular weight is 290 g/mol. The van der Waals surface area contributed by atoms with Gasteiger partial charge >= 0.3 is 0 Å². The van der Waals surface area contributed by atoms with Gasteiger partial charge in [-0.15, -0.1) is 0 Å².